The number of amides is 2. The van der Waals surface area contributed by atoms with Crippen molar-refractivity contribution >= 4 is 11.8 Å². The number of aryl methyl sites for hydroxylation is 2. The van der Waals surface area contributed by atoms with Gasteiger partial charge in [0, 0.05) is 49.3 Å². The summed E-state index contributed by atoms with van der Waals surface area (Å²) in [6, 6.07) is 3.57. The molecule has 2 N–H and O–H groups in total. The van der Waals surface area contributed by atoms with E-state index < -0.39 is 5.69 Å². The minimum atomic E-state index is -0.404. The SMILES string of the molecule is Cc1cc(C(=O)N2CCCN(C(=O)c3c[nH]c(=O)[nH]3)CC2)cc(C)n1. The smallest absolute Gasteiger partial charge is 0.323 e. The van der Waals surface area contributed by atoms with Crippen LogP contribution < -0.4 is 5.69 Å². The van der Waals surface area contributed by atoms with E-state index in [0.29, 0.717) is 38.2 Å². The molecule has 8 nitrogen and oxygen atoms in total. The first-order valence-corrected chi connectivity index (χ1v) is 8.25. The van der Waals surface area contributed by atoms with Crippen LogP contribution in [0.1, 0.15) is 38.7 Å². The van der Waals surface area contributed by atoms with Crippen molar-refractivity contribution in [1.29, 1.82) is 0 Å². The van der Waals surface area contributed by atoms with Gasteiger partial charge in [-0.05, 0) is 32.4 Å². The van der Waals surface area contributed by atoms with E-state index in [1.54, 1.807) is 21.9 Å². The number of nitrogens with zero attached hydrogens (tertiary/aromatic N) is 3. The highest BCUT2D eigenvalue weighted by Gasteiger charge is 2.24. The Labute approximate surface area is 144 Å². The van der Waals surface area contributed by atoms with Crippen molar-refractivity contribution in [1.82, 2.24) is 24.8 Å². The highest BCUT2D eigenvalue weighted by molar-refractivity contribution is 5.95. The van der Waals surface area contributed by atoms with E-state index in [4.69, 9.17) is 0 Å². The summed E-state index contributed by atoms with van der Waals surface area (Å²) in [6.45, 7) is 5.76. The lowest BCUT2D eigenvalue weighted by atomic mass is 10.1. The Morgan fingerprint density at radius 2 is 1.60 bits per heavy atom. The Bertz CT molecular complexity index is 834. The molecule has 1 saturated heterocycles. The first-order chi connectivity index (χ1) is 11.9. The second-order valence-electron chi connectivity index (χ2n) is 6.23. The minimum Gasteiger partial charge on any atom is -0.337 e. The topological polar surface area (TPSA) is 102 Å². The zero-order chi connectivity index (χ0) is 18.0. The van der Waals surface area contributed by atoms with Gasteiger partial charge in [0.1, 0.15) is 5.69 Å². The van der Waals surface area contributed by atoms with Gasteiger partial charge in [-0.1, -0.05) is 0 Å². The first-order valence-electron chi connectivity index (χ1n) is 8.25. The molecule has 0 saturated carbocycles. The van der Waals surface area contributed by atoms with E-state index in [9.17, 15) is 14.4 Å². The Balaban J connectivity index is 1.69. The summed E-state index contributed by atoms with van der Waals surface area (Å²) in [5.41, 5.74) is 2.08. The summed E-state index contributed by atoms with van der Waals surface area (Å²) < 4.78 is 0. The second kappa shape index (κ2) is 6.92. The summed E-state index contributed by atoms with van der Waals surface area (Å²) in [6.07, 6.45) is 2.07. The van der Waals surface area contributed by atoms with Gasteiger partial charge in [-0.3, -0.25) is 14.6 Å². The highest BCUT2D eigenvalue weighted by Crippen LogP contribution is 2.12. The standard InChI is InChI=1S/C17H21N5O3/c1-11-8-13(9-12(2)19-11)15(23)21-4-3-5-22(7-6-21)16(24)14-10-18-17(25)20-14/h8-10H,3-7H2,1-2H3,(H2,18,20,25). The van der Waals surface area contributed by atoms with Gasteiger partial charge in [0.2, 0.25) is 0 Å². The average Bonchev–Trinajstić information content (AvgIpc) is 2.85. The largest absolute Gasteiger partial charge is 0.337 e. The molecule has 0 bridgehead atoms. The zero-order valence-electron chi connectivity index (χ0n) is 14.3. The zero-order valence-corrected chi connectivity index (χ0v) is 14.3. The van der Waals surface area contributed by atoms with Crippen molar-refractivity contribution in [2.75, 3.05) is 26.2 Å². The summed E-state index contributed by atoms with van der Waals surface area (Å²) >= 11 is 0. The lowest BCUT2D eigenvalue weighted by Gasteiger charge is -2.22. The van der Waals surface area contributed by atoms with E-state index in [-0.39, 0.29) is 17.5 Å². The number of nitrogens with one attached hydrogen (secondary N) is 2. The van der Waals surface area contributed by atoms with Crippen LogP contribution in [0.15, 0.2) is 23.1 Å². The molecular weight excluding hydrogens is 322 g/mol. The first kappa shape index (κ1) is 16.9. The van der Waals surface area contributed by atoms with Crippen LogP contribution in [0, 0.1) is 13.8 Å². The van der Waals surface area contributed by atoms with E-state index >= 15 is 0 Å². The fourth-order valence-electron chi connectivity index (χ4n) is 3.08. The molecule has 1 aliphatic rings. The molecule has 0 aromatic carbocycles. The molecule has 25 heavy (non-hydrogen) atoms. The molecule has 8 heteroatoms. The number of carbonyl (C=O) groups is 2. The molecule has 3 rings (SSSR count). The van der Waals surface area contributed by atoms with E-state index in [2.05, 4.69) is 15.0 Å². The molecule has 2 aromatic heterocycles. The lowest BCUT2D eigenvalue weighted by Crippen LogP contribution is -2.37. The third-order valence-corrected chi connectivity index (χ3v) is 4.22. The lowest BCUT2D eigenvalue weighted by molar-refractivity contribution is 0.0716. The van der Waals surface area contributed by atoms with Gasteiger partial charge in [0.15, 0.2) is 0 Å². The van der Waals surface area contributed by atoms with Gasteiger partial charge in [-0.15, -0.1) is 0 Å². The molecule has 0 unspecified atom stereocenters. The predicted molar refractivity (Wildman–Crippen MR) is 91.5 cm³/mol. The Kier molecular flexibility index (Phi) is 4.69. The van der Waals surface area contributed by atoms with Crippen LogP contribution in [0.5, 0.6) is 0 Å². The van der Waals surface area contributed by atoms with Crippen molar-refractivity contribution in [3.63, 3.8) is 0 Å². The van der Waals surface area contributed by atoms with E-state index in [1.165, 1.54) is 6.20 Å². The van der Waals surface area contributed by atoms with Crippen molar-refractivity contribution in [2.45, 2.75) is 20.3 Å². The van der Waals surface area contributed by atoms with Gasteiger partial charge in [0.05, 0.1) is 0 Å². The number of aromatic amines is 2. The highest BCUT2D eigenvalue weighted by atomic mass is 16.2. The monoisotopic (exact) mass is 343 g/mol. The van der Waals surface area contributed by atoms with Crippen LogP contribution >= 0.6 is 0 Å². The van der Waals surface area contributed by atoms with Crippen molar-refractivity contribution in [2.24, 2.45) is 0 Å². The number of hydrogen-bond donors (Lipinski definition) is 2. The van der Waals surface area contributed by atoms with E-state index in [0.717, 1.165) is 11.4 Å². The third-order valence-electron chi connectivity index (χ3n) is 4.22. The van der Waals surface area contributed by atoms with Crippen LogP contribution in [0.25, 0.3) is 0 Å². The molecule has 1 fully saturated rings. The van der Waals surface area contributed by atoms with E-state index in [1.807, 2.05) is 13.8 Å². The fourth-order valence-corrected chi connectivity index (χ4v) is 3.08. The van der Waals surface area contributed by atoms with Crippen molar-refractivity contribution in [3.05, 3.63) is 51.5 Å². The number of rotatable bonds is 2. The molecule has 2 aromatic rings. The molecule has 1 aliphatic heterocycles. The van der Waals surface area contributed by atoms with Gasteiger partial charge in [-0.25, -0.2) is 4.79 Å². The maximum absolute atomic E-state index is 12.7. The maximum Gasteiger partial charge on any atom is 0.323 e. The van der Waals surface area contributed by atoms with Crippen LogP contribution in [-0.2, 0) is 0 Å². The molecule has 3 heterocycles. The van der Waals surface area contributed by atoms with Crippen LogP contribution in [0.2, 0.25) is 0 Å². The van der Waals surface area contributed by atoms with Crippen LogP contribution in [0.4, 0.5) is 0 Å². The van der Waals surface area contributed by atoms with Gasteiger partial charge >= 0.3 is 5.69 Å². The number of aromatic nitrogens is 3. The van der Waals surface area contributed by atoms with Gasteiger partial charge < -0.3 is 19.8 Å². The molecule has 132 valence electrons. The van der Waals surface area contributed by atoms with Crippen molar-refractivity contribution in [3.8, 4) is 0 Å². The minimum absolute atomic E-state index is 0.0436. The predicted octanol–water partition coefficient (Wildman–Crippen LogP) is 0.703. The number of hydrogen-bond acceptors (Lipinski definition) is 4. The Morgan fingerprint density at radius 3 is 2.16 bits per heavy atom. The number of pyridine rings is 1. The summed E-state index contributed by atoms with van der Waals surface area (Å²) in [4.78, 5) is 49.0. The summed E-state index contributed by atoms with van der Waals surface area (Å²) in [5, 5.41) is 0. The molecular formula is C17H21N5O3. The molecule has 0 atom stereocenters. The van der Waals surface area contributed by atoms with Crippen LogP contribution in [-0.4, -0.2) is 62.7 Å². The Morgan fingerprint density at radius 1 is 1.00 bits per heavy atom. The molecule has 0 spiro atoms. The number of H-pyrrole nitrogens is 2. The quantitative estimate of drug-likeness (QED) is 0.838. The molecule has 2 amide bonds. The maximum atomic E-state index is 12.7. The molecule has 0 radical (unpaired) electrons. The normalized spacial score (nSPS) is 15.1. The Hall–Kier alpha value is -2.90. The summed E-state index contributed by atoms with van der Waals surface area (Å²) in [7, 11) is 0. The number of carbonyl (C=O) groups excluding carboxylic acids is 2. The van der Waals surface area contributed by atoms with Gasteiger partial charge in [-0.2, -0.15) is 0 Å². The van der Waals surface area contributed by atoms with Crippen LogP contribution in [0.3, 0.4) is 0 Å². The second-order valence-corrected chi connectivity index (χ2v) is 6.23. The van der Waals surface area contributed by atoms with Gasteiger partial charge in [0.25, 0.3) is 11.8 Å². The summed E-state index contributed by atoms with van der Waals surface area (Å²) in [5.74, 6) is -0.277. The average molecular weight is 343 g/mol. The number of imidazole rings is 1. The fraction of sp³-hybridized carbons (Fsp3) is 0.412. The van der Waals surface area contributed by atoms with Crippen molar-refractivity contribution < 1.29 is 9.59 Å². The molecule has 0 aliphatic carbocycles. The third kappa shape index (κ3) is 3.78.